The van der Waals surface area contributed by atoms with Crippen LogP contribution >= 0.6 is 0 Å². The molecule has 0 radical (unpaired) electrons. The average molecular weight is 220 g/mol. The Morgan fingerprint density at radius 1 is 1.19 bits per heavy atom. The summed E-state index contributed by atoms with van der Waals surface area (Å²) in [5.74, 6) is 0. The van der Waals surface area contributed by atoms with Crippen LogP contribution in [0.25, 0.3) is 0 Å². The standard InChI is InChI=1S/C14H20O2/c1-16-14(8-9-14)11-13-6-4-12(5-7-13)3-2-10-15/h4-7,15H,2-3,8-11H2,1H3. The van der Waals surface area contributed by atoms with E-state index in [0.29, 0.717) is 0 Å². The van der Waals surface area contributed by atoms with Gasteiger partial charge in [0.05, 0.1) is 5.60 Å². The van der Waals surface area contributed by atoms with Gasteiger partial charge in [-0.25, -0.2) is 0 Å². The lowest BCUT2D eigenvalue weighted by atomic mass is 10.0. The van der Waals surface area contributed by atoms with Gasteiger partial charge in [0.15, 0.2) is 0 Å². The third-order valence-corrected chi connectivity index (χ3v) is 3.41. The van der Waals surface area contributed by atoms with E-state index >= 15 is 0 Å². The number of aliphatic hydroxyl groups excluding tert-OH is 1. The zero-order valence-corrected chi connectivity index (χ0v) is 9.91. The number of rotatable bonds is 6. The van der Waals surface area contributed by atoms with Crippen LogP contribution in [0, 0.1) is 0 Å². The van der Waals surface area contributed by atoms with Gasteiger partial charge in [-0.3, -0.25) is 0 Å². The normalized spacial score (nSPS) is 17.4. The number of hydrogen-bond donors (Lipinski definition) is 1. The minimum Gasteiger partial charge on any atom is -0.396 e. The molecule has 1 fully saturated rings. The van der Waals surface area contributed by atoms with Gasteiger partial charge in [0.25, 0.3) is 0 Å². The van der Waals surface area contributed by atoms with Crippen molar-refractivity contribution in [1.82, 2.24) is 0 Å². The Bertz CT molecular complexity index is 325. The van der Waals surface area contributed by atoms with Crippen LogP contribution in [-0.4, -0.2) is 24.4 Å². The molecule has 0 saturated heterocycles. The Labute approximate surface area is 97.3 Å². The maximum Gasteiger partial charge on any atom is 0.0721 e. The fourth-order valence-corrected chi connectivity index (χ4v) is 2.07. The molecule has 0 heterocycles. The molecule has 16 heavy (non-hydrogen) atoms. The van der Waals surface area contributed by atoms with Gasteiger partial charge < -0.3 is 9.84 Å². The predicted molar refractivity (Wildman–Crippen MR) is 64.5 cm³/mol. The van der Waals surface area contributed by atoms with Crippen LogP contribution in [0.2, 0.25) is 0 Å². The van der Waals surface area contributed by atoms with E-state index in [1.807, 2.05) is 7.11 Å². The van der Waals surface area contributed by atoms with E-state index in [-0.39, 0.29) is 12.2 Å². The summed E-state index contributed by atoms with van der Waals surface area (Å²) in [6, 6.07) is 8.70. The summed E-state index contributed by atoms with van der Waals surface area (Å²) in [5, 5.41) is 8.76. The van der Waals surface area contributed by atoms with E-state index in [1.54, 1.807) is 0 Å². The second-order valence-electron chi connectivity index (χ2n) is 4.71. The van der Waals surface area contributed by atoms with Crippen LogP contribution in [0.15, 0.2) is 24.3 Å². The highest BCUT2D eigenvalue weighted by molar-refractivity contribution is 5.25. The fraction of sp³-hybridized carbons (Fsp3) is 0.571. The molecule has 0 aliphatic heterocycles. The lowest BCUT2D eigenvalue weighted by molar-refractivity contribution is 0.0807. The summed E-state index contributed by atoms with van der Waals surface area (Å²) in [4.78, 5) is 0. The van der Waals surface area contributed by atoms with Gasteiger partial charge in [-0.1, -0.05) is 24.3 Å². The Morgan fingerprint density at radius 2 is 1.81 bits per heavy atom. The molecule has 0 unspecified atom stereocenters. The Kier molecular flexibility index (Phi) is 3.62. The van der Waals surface area contributed by atoms with Crippen molar-refractivity contribution in [2.75, 3.05) is 13.7 Å². The second kappa shape index (κ2) is 4.98. The van der Waals surface area contributed by atoms with Crippen molar-refractivity contribution in [2.45, 2.75) is 37.7 Å². The molecule has 1 aliphatic rings. The van der Waals surface area contributed by atoms with Crippen molar-refractivity contribution in [1.29, 1.82) is 0 Å². The highest BCUT2D eigenvalue weighted by Crippen LogP contribution is 2.41. The van der Waals surface area contributed by atoms with Gasteiger partial charge >= 0.3 is 0 Å². The molecular formula is C14H20O2. The molecule has 0 aromatic heterocycles. The fourth-order valence-electron chi connectivity index (χ4n) is 2.07. The molecule has 1 aromatic carbocycles. The lowest BCUT2D eigenvalue weighted by Gasteiger charge is -2.13. The van der Waals surface area contributed by atoms with Gasteiger partial charge in [0, 0.05) is 20.1 Å². The first-order chi connectivity index (χ1) is 7.78. The Hall–Kier alpha value is -0.860. The van der Waals surface area contributed by atoms with E-state index in [0.717, 1.165) is 19.3 Å². The summed E-state index contributed by atoms with van der Waals surface area (Å²) in [7, 11) is 1.81. The van der Waals surface area contributed by atoms with Gasteiger partial charge in [-0.05, 0) is 36.8 Å². The smallest absolute Gasteiger partial charge is 0.0721 e. The zero-order valence-electron chi connectivity index (χ0n) is 9.91. The van der Waals surface area contributed by atoms with Crippen molar-refractivity contribution in [3.63, 3.8) is 0 Å². The molecule has 1 saturated carbocycles. The van der Waals surface area contributed by atoms with Crippen LogP contribution < -0.4 is 0 Å². The van der Waals surface area contributed by atoms with E-state index in [1.165, 1.54) is 24.0 Å². The minimum absolute atomic E-state index is 0.145. The van der Waals surface area contributed by atoms with Gasteiger partial charge in [0.1, 0.15) is 0 Å². The van der Waals surface area contributed by atoms with Gasteiger partial charge in [-0.2, -0.15) is 0 Å². The third-order valence-electron chi connectivity index (χ3n) is 3.41. The van der Waals surface area contributed by atoms with Crippen LogP contribution in [0.3, 0.4) is 0 Å². The maximum absolute atomic E-state index is 8.76. The monoisotopic (exact) mass is 220 g/mol. The SMILES string of the molecule is COC1(Cc2ccc(CCCO)cc2)CC1. The van der Waals surface area contributed by atoms with Crippen molar-refractivity contribution in [3.8, 4) is 0 Å². The van der Waals surface area contributed by atoms with E-state index in [4.69, 9.17) is 9.84 Å². The molecule has 2 heteroatoms. The van der Waals surface area contributed by atoms with Crippen molar-refractivity contribution in [3.05, 3.63) is 35.4 Å². The zero-order chi connectivity index (χ0) is 11.4. The summed E-state index contributed by atoms with van der Waals surface area (Å²) < 4.78 is 5.51. The number of hydrogen-bond acceptors (Lipinski definition) is 2. The number of methoxy groups -OCH3 is 1. The van der Waals surface area contributed by atoms with E-state index < -0.39 is 0 Å². The molecule has 1 aromatic rings. The van der Waals surface area contributed by atoms with Crippen LogP contribution in [-0.2, 0) is 17.6 Å². The molecule has 0 spiro atoms. The van der Waals surface area contributed by atoms with Gasteiger partial charge in [-0.15, -0.1) is 0 Å². The highest BCUT2D eigenvalue weighted by Gasteiger charge is 2.42. The molecule has 0 atom stereocenters. The van der Waals surface area contributed by atoms with Crippen LogP contribution in [0.1, 0.15) is 30.4 Å². The largest absolute Gasteiger partial charge is 0.396 e. The minimum atomic E-state index is 0.145. The highest BCUT2D eigenvalue weighted by atomic mass is 16.5. The Morgan fingerprint density at radius 3 is 2.31 bits per heavy atom. The van der Waals surface area contributed by atoms with Crippen molar-refractivity contribution >= 4 is 0 Å². The first-order valence-electron chi connectivity index (χ1n) is 6.02. The number of ether oxygens (including phenoxy) is 1. The molecule has 1 N–H and O–H groups in total. The molecule has 2 nitrogen and oxygen atoms in total. The molecular weight excluding hydrogens is 200 g/mol. The predicted octanol–water partition coefficient (Wildman–Crippen LogP) is 2.33. The summed E-state index contributed by atoms with van der Waals surface area (Å²) >= 11 is 0. The molecule has 1 aliphatic carbocycles. The van der Waals surface area contributed by atoms with Gasteiger partial charge in [0.2, 0.25) is 0 Å². The molecule has 2 rings (SSSR count). The summed E-state index contributed by atoms with van der Waals surface area (Å²) in [6.45, 7) is 0.272. The van der Waals surface area contributed by atoms with E-state index in [9.17, 15) is 0 Å². The Balaban J connectivity index is 1.91. The molecule has 0 bridgehead atoms. The average Bonchev–Trinajstić information content (AvgIpc) is 3.09. The molecule has 88 valence electrons. The van der Waals surface area contributed by atoms with Crippen molar-refractivity contribution < 1.29 is 9.84 Å². The van der Waals surface area contributed by atoms with E-state index in [2.05, 4.69) is 24.3 Å². The third kappa shape index (κ3) is 2.83. The number of aryl methyl sites for hydroxylation is 1. The van der Waals surface area contributed by atoms with Crippen molar-refractivity contribution in [2.24, 2.45) is 0 Å². The number of aliphatic hydroxyl groups is 1. The quantitative estimate of drug-likeness (QED) is 0.797. The molecule has 0 amide bonds. The second-order valence-corrected chi connectivity index (χ2v) is 4.71. The first-order valence-corrected chi connectivity index (χ1v) is 6.02. The summed E-state index contributed by atoms with van der Waals surface area (Å²) in [6.07, 6.45) is 5.23. The van der Waals surface area contributed by atoms with Crippen LogP contribution in [0.5, 0.6) is 0 Å². The topological polar surface area (TPSA) is 29.5 Å². The lowest BCUT2D eigenvalue weighted by Crippen LogP contribution is -2.14. The maximum atomic E-state index is 8.76. The summed E-state index contributed by atoms with van der Waals surface area (Å²) in [5.41, 5.74) is 2.80. The number of benzene rings is 1. The first kappa shape index (κ1) is 11.6. The van der Waals surface area contributed by atoms with Crippen LogP contribution in [0.4, 0.5) is 0 Å².